The van der Waals surface area contributed by atoms with Gasteiger partial charge in [0.05, 0.1) is 25.8 Å². The summed E-state index contributed by atoms with van der Waals surface area (Å²) in [6.07, 6.45) is 1.62. The molecule has 3 N–H and O–H groups in total. The number of amides is 1. The summed E-state index contributed by atoms with van der Waals surface area (Å²) in [5, 5.41) is 22.7. The van der Waals surface area contributed by atoms with Crippen LogP contribution < -0.4 is 10.2 Å². The third kappa shape index (κ3) is 5.58. The van der Waals surface area contributed by atoms with E-state index in [0.717, 1.165) is 55.0 Å². The van der Waals surface area contributed by atoms with Crippen molar-refractivity contribution in [2.75, 3.05) is 49.6 Å². The molecule has 3 aromatic rings. The van der Waals surface area contributed by atoms with Crippen LogP contribution in [0.4, 0.5) is 11.4 Å². The van der Waals surface area contributed by atoms with Crippen LogP contribution >= 0.6 is 0 Å². The minimum atomic E-state index is -0.0171. The van der Waals surface area contributed by atoms with Gasteiger partial charge in [0.1, 0.15) is 11.5 Å². The zero-order valence-corrected chi connectivity index (χ0v) is 19.7. The number of nitrogens with zero attached hydrogens (tertiary/aromatic N) is 2. The lowest BCUT2D eigenvalue weighted by molar-refractivity contribution is -0.118. The quantitative estimate of drug-likeness (QED) is 0.506. The number of phenols is 2. The lowest BCUT2D eigenvalue weighted by Gasteiger charge is -2.39. The summed E-state index contributed by atoms with van der Waals surface area (Å²) in [5.74, 6) is 0.528. The van der Waals surface area contributed by atoms with Crippen LogP contribution in [0, 0.1) is 0 Å². The Morgan fingerprint density at radius 3 is 2.37 bits per heavy atom. The van der Waals surface area contributed by atoms with Gasteiger partial charge >= 0.3 is 0 Å². The average Bonchev–Trinajstić information content (AvgIpc) is 2.86. The first-order valence-electron chi connectivity index (χ1n) is 12.1. The molecule has 2 aliphatic rings. The van der Waals surface area contributed by atoms with Crippen LogP contribution in [0.5, 0.6) is 11.5 Å². The van der Waals surface area contributed by atoms with Crippen molar-refractivity contribution < 1.29 is 19.7 Å². The van der Waals surface area contributed by atoms with Crippen LogP contribution in [-0.2, 0) is 22.4 Å². The summed E-state index contributed by atoms with van der Waals surface area (Å²) < 4.78 is 5.35. The highest BCUT2D eigenvalue weighted by atomic mass is 16.5. The monoisotopic (exact) mass is 473 g/mol. The number of aromatic hydroxyl groups is 2. The third-order valence-corrected chi connectivity index (χ3v) is 6.80. The predicted molar refractivity (Wildman–Crippen MR) is 136 cm³/mol. The van der Waals surface area contributed by atoms with E-state index in [1.807, 2.05) is 36.4 Å². The minimum absolute atomic E-state index is 0.0171. The standard InChI is InChI=1S/C28H31N3O4/c32-24-7-1-20(2-8-24)17-27-26-10-9-25(33)18-21(26)11-12-31(27)23-5-3-22(4-6-23)29-28(34)19-30-13-15-35-16-14-30/h1-10,18,27,32-33H,11-17,19H2,(H,29,34). The maximum absolute atomic E-state index is 12.5. The molecule has 1 amide bonds. The first kappa shape index (κ1) is 23.2. The zero-order valence-electron chi connectivity index (χ0n) is 19.7. The van der Waals surface area contributed by atoms with E-state index in [1.54, 1.807) is 18.2 Å². The van der Waals surface area contributed by atoms with Gasteiger partial charge in [0.25, 0.3) is 0 Å². The van der Waals surface area contributed by atoms with Crippen LogP contribution in [0.2, 0.25) is 0 Å². The second kappa shape index (κ2) is 10.4. The van der Waals surface area contributed by atoms with E-state index in [9.17, 15) is 15.0 Å². The fourth-order valence-corrected chi connectivity index (χ4v) is 4.98. The Kier molecular flexibility index (Phi) is 6.88. The molecular weight excluding hydrogens is 442 g/mol. The van der Waals surface area contributed by atoms with E-state index in [1.165, 1.54) is 5.56 Å². The molecule has 1 atom stereocenters. The van der Waals surface area contributed by atoms with Crippen LogP contribution in [0.15, 0.2) is 66.7 Å². The molecule has 0 aromatic heterocycles. The van der Waals surface area contributed by atoms with Crippen molar-refractivity contribution >= 4 is 17.3 Å². The highest BCUT2D eigenvalue weighted by Crippen LogP contribution is 2.37. The van der Waals surface area contributed by atoms with E-state index in [2.05, 4.69) is 27.2 Å². The molecule has 0 aliphatic carbocycles. The molecule has 2 aliphatic heterocycles. The molecule has 182 valence electrons. The Labute approximate surface area is 205 Å². The van der Waals surface area contributed by atoms with Crippen LogP contribution in [-0.4, -0.2) is 60.4 Å². The number of rotatable bonds is 6. The molecule has 35 heavy (non-hydrogen) atoms. The minimum Gasteiger partial charge on any atom is -0.508 e. The molecule has 7 heteroatoms. The number of phenolic OH excluding ortho intramolecular Hbond substituents is 2. The number of carbonyl (C=O) groups is 1. The van der Waals surface area contributed by atoms with Crippen molar-refractivity contribution in [3.63, 3.8) is 0 Å². The van der Waals surface area contributed by atoms with Crippen LogP contribution in [0.3, 0.4) is 0 Å². The summed E-state index contributed by atoms with van der Waals surface area (Å²) >= 11 is 0. The Balaban J connectivity index is 1.33. The molecule has 1 unspecified atom stereocenters. The lowest BCUT2D eigenvalue weighted by Crippen LogP contribution is -2.41. The number of hydrogen-bond acceptors (Lipinski definition) is 6. The number of carbonyl (C=O) groups excluding carboxylic acids is 1. The summed E-state index contributed by atoms with van der Waals surface area (Å²) in [5.41, 5.74) is 5.36. The molecule has 0 radical (unpaired) electrons. The average molecular weight is 474 g/mol. The van der Waals surface area contributed by atoms with Crippen LogP contribution in [0.1, 0.15) is 22.7 Å². The van der Waals surface area contributed by atoms with Gasteiger partial charge in [0, 0.05) is 31.0 Å². The molecule has 2 heterocycles. The molecule has 1 fully saturated rings. The Morgan fingerprint density at radius 2 is 1.63 bits per heavy atom. The Morgan fingerprint density at radius 1 is 0.914 bits per heavy atom. The maximum Gasteiger partial charge on any atom is 0.238 e. The molecular formula is C28H31N3O4. The van der Waals surface area contributed by atoms with Gasteiger partial charge in [-0.3, -0.25) is 9.69 Å². The largest absolute Gasteiger partial charge is 0.508 e. The first-order chi connectivity index (χ1) is 17.0. The van der Waals surface area contributed by atoms with E-state index in [4.69, 9.17) is 4.74 Å². The normalized spacial score (nSPS) is 18.2. The number of fused-ring (bicyclic) bond motifs is 1. The van der Waals surface area contributed by atoms with Gasteiger partial charge in [0.15, 0.2) is 0 Å². The number of morpholine rings is 1. The highest BCUT2D eigenvalue weighted by molar-refractivity contribution is 5.92. The topological polar surface area (TPSA) is 85.3 Å². The molecule has 3 aromatic carbocycles. The fourth-order valence-electron chi connectivity index (χ4n) is 4.98. The van der Waals surface area contributed by atoms with Crippen molar-refractivity contribution in [3.05, 3.63) is 83.4 Å². The van der Waals surface area contributed by atoms with Gasteiger partial charge in [-0.15, -0.1) is 0 Å². The van der Waals surface area contributed by atoms with Gasteiger partial charge in [-0.1, -0.05) is 18.2 Å². The van der Waals surface area contributed by atoms with Gasteiger partial charge in [-0.2, -0.15) is 0 Å². The van der Waals surface area contributed by atoms with Gasteiger partial charge < -0.3 is 25.2 Å². The highest BCUT2D eigenvalue weighted by Gasteiger charge is 2.28. The number of ether oxygens (including phenoxy) is 1. The maximum atomic E-state index is 12.5. The van der Waals surface area contributed by atoms with Gasteiger partial charge in [-0.25, -0.2) is 0 Å². The van der Waals surface area contributed by atoms with E-state index in [0.29, 0.717) is 19.8 Å². The number of benzene rings is 3. The second-order valence-corrected chi connectivity index (χ2v) is 9.20. The molecule has 1 saturated heterocycles. The summed E-state index contributed by atoms with van der Waals surface area (Å²) in [6, 6.07) is 21.1. The number of anilines is 2. The fraction of sp³-hybridized carbons (Fsp3) is 0.321. The third-order valence-electron chi connectivity index (χ3n) is 6.80. The smallest absolute Gasteiger partial charge is 0.238 e. The second-order valence-electron chi connectivity index (χ2n) is 9.20. The van der Waals surface area contributed by atoms with Gasteiger partial charge in [-0.05, 0) is 78.1 Å². The van der Waals surface area contributed by atoms with E-state index >= 15 is 0 Å². The van der Waals surface area contributed by atoms with Crippen molar-refractivity contribution in [2.45, 2.75) is 18.9 Å². The number of nitrogens with one attached hydrogen (secondary N) is 1. The zero-order chi connectivity index (χ0) is 24.2. The van der Waals surface area contributed by atoms with Crippen molar-refractivity contribution in [3.8, 4) is 11.5 Å². The Hall–Kier alpha value is -3.55. The van der Waals surface area contributed by atoms with Crippen molar-refractivity contribution in [1.82, 2.24) is 4.90 Å². The van der Waals surface area contributed by atoms with E-state index < -0.39 is 0 Å². The summed E-state index contributed by atoms with van der Waals surface area (Å²) in [4.78, 5) is 17.0. The predicted octanol–water partition coefficient (Wildman–Crippen LogP) is 3.72. The Bertz CT molecular complexity index is 1160. The van der Waals surface area contributed by atoms with Crippen molar-refractivity contribution in [2.24, 2.45) is 0 Å². The molecule has 0 bridgehead atoms. The van der Waals surface area contributed by atoms with Gasteiger partial charge in [0.2, 0.25) is 5.91 Å². The van der Waals surface area contributed by atoms with Crippen LogP contribution in [0.25, 0.3) is 0 Å². The lowest BCUT2D eigenvalue weighted by atomic mass is 9.88. The van der Waals surface area contributed by atoms with E-state index in [-0.39, 0.29) is 23.4 Å². The van der Waals surface area contributed by atoms with Crippen molar-refractivity contribution in [1.29, 1.82) is 0 Å². The molecule has 0 saturated carbocycles. The first-order valence-corrected chi connectivity index (χ1v) is 12.1. The summed E-state index contributed by atoms with van der Waals surface area (Å²) in [7, 11) is 0. The summed E-state index contributed by atoms with van der Waals surface area (Å²) in [6.45, 7) is 4.10. The SMILES string of the molecule is O=C(CN1CCOCC1)Nc1ccc(N2CCc3cc(O)ccc3C2Cc2ccc(O)cc2)cc1. The molecule has 5 rings (SSSR count). The number of hydrogen-bond donors (Lipinski definition) is 3. The molecule has 7 nitrogen and oxygen atoms in total. The molecule has 0 spiro atoms.